The van der Waals surface area contributed by atoms with Crippen LogP contribution < -0.4 is 10.6 Å². The number of hydrogen-bond acceptors (Lipinski definition) is 5. The average Bonchev–Trinajstić information content (AvgIpc) is 3.07. The van der Waals surface area contributed by atoms with Gasteiger partial charge in [-0.1, -0.05) is 55.5 Å². The third-order valence-corrected chi connectivity index (χ3v) is 5.16. The smallest absolute Gasteiger partial charge is 0.407 e. The number of alkyl carbamates (subject to hydrolysis) is 1. The fourth-order valence-electron chi connectivity index (χ4n) is 3.59. The van der Waals surface area contributed by atoms with E-state index in [1.54, 1.807) is 6.92 Å². The Balaban J connectivity index is 1.63. The van der Waals surface area contributed by atoms with Crippen LogP contribution in [0, 0.1) is 0 Å². The number of benzene rings is 2. The molecule has 1 aliphatic carbocycles. The predicted molar refractivity (Wildman–Crippen MR) is 109 cm³/mol. The molecule has 0 spiro atoms. The van der Waals surface area contributed by atoms with Crippen molar-refractivity contribution in [1.29, 1.82) is 0 Å². The maximum absolute atomic E-state index is 12.3. The normalized spacial score (nSPS) is 14.2. The van der Waals surface area contributed by atoms with E-state index in [-0.39, 0.29) is 18.9 Å². The number of hydrogen-bond donors (Lipinski definition) is 4. The van der Waals surface area contributed by atoms with E-state index in [1.165, 1.54) is 0 Å². The van der Waals surface area contributed by atoms with Gasteiger partial charge in [0.05, 0.1) is 6.61 Å². The fourth-order valence-corrected chi connectivity index (χ4v) is 3.59. The molecule has 2 aromatic rings. The summed E-state index contributed by atoms with van der Waals surface area (Å²) < 4.78 is 5.41. The third-order valence-electron chi connectivity index (χ3n) is 5.16. The molecule has 2 unspecified atom stereocenters. The van der Waals surface area contributed by atoms with Crippen LogP contribution in [0.4, 0.5) is 4.79 Å². The van der Waals surface area contributed by atoms with Gasteiger partial charge in [0.1, 0.15) is 18.7 Å². The highest BCUT2D eigenvalue weighted by atomic mass is 16.5. The zero-order chi connectivity index (χ0) is 21.7. The van der Waals surface area contributed by atoms with Crippen molar-refractivity contribution in [2.75, 3.05) is 13.2 Å². The largest absolute Gasteiger partial charge is 0.480 e. The van der Waals surface area contributed by atoms with Gasteiger partial charge in [-0.15, -0.1) is 0 Å². The number of amides is 2. The number of carboxylic acids is 1. The van der Waals surface area contributed by atoms with E-state index >= 15 is 0 Å². The number of fused-ring (bicyclic) bond motifs is 3. The minimum absolute atomic E-state index is 0.103. The molecule has 30 heavy (non-hydrogen) atoms. The molecule has 1 aliphatic rings. The second kappa shape index (κ2) is 9.41. The number of carbonyl (C=O) groups is 3. The van der Waals surface area contributed by atoms with Crippen LogP contribution in [0.3, 0.4) is 0 Å². The first-order valence-corrected chi connectivity index (χ1v) is 9.71. The minimum Gasteiger partial charge on any atom is -0.480 e. The second-order valence-electron chi connectivity index (χ2n) is 7.01. The van der Waals surface area contributed by atoms with Crippen molar-refractivity contribution >= 4 is 18.0 Å². The van der Waals surface area contributed by atoms with E-state index in [2.05, 4.69) is 10.6 Å². The summed E-state index contributed by atoms with van der Waals surface area (Å²) in [7, 11) is 0. The van der Waals surface area contributed by atoms with Gasteiger partial charge in [0.25, 0.3) is 0 Å². The molecule has 0 bridgehead atoms. The van der Waals surface area contributed by atoms with Crippen LogP contribution in [0.25, 0.3) is 11.1 Å². The molecule has 0 heterocycles. The van der Waals surface area contributed by atoms with Gasteiger partial charge >= 0.3 is 12.1 Å². The zero-order valence-corrected chi connectivity index (χ0v) is 16.5. The third kappa shape index (κ3) is 4.44. The van der Waals surface area contributed by atoms with Gasteiger partial charge in [0.15, 0.2) is 0 Å². The zero-order valence-electron chi connectivity index (χ0n) is 16.5. The molecule has 8 heteroatoms. The standard InChI is InChI=1S/C22H24N2O6/c1-2-18(20(26)23-19(11-25)21(27)28)24-22(29)30-12-17-15-9-5-3-7-13(15)14-8-4-6-10-16(14)17/h3-10,17-19,25H,2,11-12H2,1H3,(H,23,26)(H,24,29)(H,27,28). The van der Waals surface area contributed by atoms with Gasteiger partial charge in [-0.3, -0.25) is 4.79 Å². The summed E-state index contributed by atoms with van der Waals surface area (Å²) in [5.74, 6) is -2.17. The van der Waals surface area contributed by atoms with Gasteiger partial charge in [-0.25, -0.2) is 9.59 Å². The number of aliphatic carboxylic acids is 1. The lowest BCUT2D eigenvalue weighted by Gasteiger charge is -2.20. The molecule has 0 saturated heterocycles. The maximum atomic E-state index is 12.3. The summed E-state index contributed by atoms with van der Waals surface area (Å²) in [5, 5.41) is 22.6. The summed E-state index contributed by atoms with van der Waals surface area (Å²) in [6.07, 6.45) is -0.539. The SMILES string of the molecule is CCC(NC(=O)OCC1c2ccccc2-c2ccccc21)C(=O)NC(CO)C(=O)O. The Kier molecular flexibility index (Phi) is 6.68. The first-order chi connectivity index (χ1) is 14.5. The van der Waals surface area contributed by atoms with E-state index in [1.807, 2.05) is 48.5 Å². The molecule has 3 rings (SSSR count). The summed E-state index contributed by atoms with van der Waals surface area (Å²) in [6.45, 7) is 1.03. The predicted octanol–water partition coefficient (Wildman–Crippen LogP) is 1.87. The second-order valence-corrected chi connectivity index (χ2v) is 7.01. The van der Waals surface area contributed by atoms with Crippen molar-refractivity contribution in [3.05, 3.63) is 59.7 Å². The van der Waals surface area contributed by atoms with Crippen LogP contribution in [0.1, 0.15) is 30.4 Å². The van der Waals surface area contributed by atoms with Gasteiger partial charge in [-0.2, -0.15) is 0 Å². The van der Waals surface area contributed by atoms with E-state index in [0.717, 1.165) is 22.3 Å². The van der Waals surface area contributed by atoms with Crippen molar-refractivity contribution in [3.8, 4) is 11.1 Å². The number of aliphatic hydroxyl groups is 1. The Hall–Kier alpha value is -3.39. The van der Waals surface area contributed by atoms with Crippen molar-refractivity contribution in [2.24, 2.45) is 0 Å². The van der Waals surface area contributed by atoms with Gasteiger partial charge < -0.3 is 25.6 Å². The Morgan fingerprint density at radius 3 is 2.03 bits per heavy atom. The van der Waals surface area contributed by atoms with Gasteiger partial charge in [0, 0.05) is 5.92 Å². The molecular weight excluding hydrogens is 388 g/mol. The van der Waals surface area contributed by atoms with Crippen molar-refractivity contribution in [2.45, 2.75) is 31.3 Å². The van der Waals surface area contributed by atoms with Gasteiger partial charge in [-0.05, 0) is 28.7 Å². The Morgan fingerprint density at radius 2 is 1.53 bits per heavy atom. The summed E-state index contributed by atoms with van der Waals surface area (Å²) in [4.78, 5) is 35.5. The summed E-state index contributed by atoms with van der Waals surface area (Å²) >= 11 is 0. The van der Waals surface area contributed by atoms with Crippen LogP contribution >= 0.6 is 0 Å². The topological polar surface area (TPSA) is 125 Å². The first kappa shape index (κ1) is 21.3. The monoisotopic (exact) mass is 412 g/mol. The number of nitrogens with one attached hydrogen (secondary N) is 2. The van der Waals surface area contributed by atoms with Crippen molar-refractivity contribution in [3.63, 3.8) is 0 Å². The Morgan fingerprint density at radius 1 is 0.967 bits per heavy atom. The van der Waals surface area contributed by atoms with Crippen LogP contribution in [0.5, 0.6) is 0 Å². The lowest BCUT2D eigenvalue weighted by Crippen LogP contribution is -2.52. The van der Waals surface area contributed by atoms with Gasteiger partial charge in [0.2, 0.25) is 5.91 Å². The molecule has 8 nitrogen and oxygen atoms in total. The molecule has 2 amide bonds. The molecule has 2 aromatic carbocycles. The van der Waals surface area contributed by atoms with Crippen LogP contribution in [0.2, 0.25) is 0 Å². The minimum atomic E-state index is -1.43. The van der Waals surface area contributed by atoms with E-state index in [0.29, 0.717) is 0 Å². The van der Waals surface area contributed by atoms with Crippen molar-refractivity contribution < 1.29 is 29.3 Å². The molecule has 0 aliphatic heterocycles. The van der Waals surface area contributed by atoms with Crippen LogP contribution in [-0.2, 0) is 14.3 Å². The molecule has 2 atom stereocenters. The van der Waals surface area contributed by atoms with E-state index in [4.69, 9.17) is 14.9 Å². The highest BCUT2D eigenvalue weighted by molar-refractivity contribution is 5.89. The Labute approximate surface area is 173 Å². The fraction of sp³-hybridized carbons (Fsp3) is 0.318. The number of aliphatic hydroxyl groups excluding tert-OH is 1. The maximum Gasteiger partial charge on any atom is 0.407 e. The van der Waals surface area contributed by atoms with Crippen LogP contribution in [0.15, 0.2) is 48.5 Å². The summed E-state index contributed by atoms with van der Waals surface area (Å²) in [6, 6.07) is 13.5. The molecule has 0 radical (unpaired) electrons. The number of carboxylic acid groups (broad SMARTS) is 1. The number of carbonyl (C=O) groups excluding carboxylic acids is 2. The van der Waals surface area contributed by atoms with E-state index in [9.17, 15) is 14.4 Å². The Bertz CT molecular complexity index is 899. The lowest BCUT2D eigenvalue weighted by atomic mass is 9.98. The summed E-state index contributed by atoms with van der Waals surface area (Å²) in [5.41, 5.74) is 4.36. The molecule has 0 saturated carbocycles. The number of ether oxygens (including phenoxy) is 1. The molecular formula is C22H24N2O6. The first-order valence-electron chi connectivity index (χ1n) is 9.71. The van der Waals surface area contributed by atoms with E-state index < -0.39 is 36.7 Å². The molecule has 158 valence electrons. The van der Waals surface area contributed by atoms with Crippen LogP contribution in [-0.4, -0.2) is 53.5 Å². The average molecular weight is 412 g/mol. The number of rotatable bonds is 8. The lowest BCUT2D eigenvalue weighted by molar-refractivity contribution is -0.143. The molecule has 4 N–H and O–H groups in total. The molecule has 0 fully saturated rings. The molecule has 0 aromatic heterocycles. The van der Waals surface area contributed by atoms with Crippen molar-refractivity contribution in [1.82, 2.24) is 10.6 Å². The highest BCUT2D eigenvalue weighted by Gasteiger charge is 2.30. The highest BCUT2D eigenvalue weighted by Crippen LogP contribution is 2.44. The quantitative estimate of drug-likeness (QED) is 0.525.